The molecule has 7 heteroatoms. The van der Waals surface area contributed by atoms with Crippen LogP contribution in [-0.2, 0) is 11.3 Å². The quantitative estimate of drug-likeness (QED) is 0.591. The lowest BCUT2D eigenvalue weighted by Crippen LogP contribution is -2.38. The molecule has 1 atom stereocenters. The van der Waals surface area contributed by atoms with E-state index in [0.29, 0.717) is 6.54 Å². The van der Waals surface area contributed by atoms with E-state index in [1.165, 1.54) is 6.92 Å². The van der Waals surface area contributed by atoms with Crippen LogP contribution in [0.15, 0.2) is 6.20 Å². The SMILES string of the molecule is Cc1[nH]ncc1CNC(=O)NCC(C)C(=O)O. The molecule has 4 N–H and O–H groups in total. The Bertz CT molecular complexity index is 402. The third kappa shape index (κ3) is 4.13. The van der Waals surface area contributed by atoms with Crippen molar-refractivity contribution < 1.29 is 14.7 Å². The van der Waals surface area contributed by atoms with Crippen LogP contribution in [0, 0.1) is 12.8 Å². The molecule has 0 aromatic carbocycles. The molecular formula is C10H16N4O3. The second kappa shape index (κ2) is 5.88. The van der Waals surface area contributed by atoms with E-state index < -0.39 is 17.9 Å². The van der Waals surface area contributed by atoms with Crippen LogP contribution in [0.3, 0.4) is 0 Å². The number of hydrogen-bond donors (Lipinski definition) is 4. The van der Waals surface area contributed by atoms with Gasteiger partial charge in [-0.1, -0.05) is 6.92 Å². The zero-order chi connectivity index (χ0) is 12.8. The summed E-state index contributed by atoms with van der Waals surface area (Å²) in [4.78, 5) is 21.8. The van der Waals surface area contributed by atoms with Gasteiger partial charge in [-0.25, -0.2) is 4.79 Å². The van der Waals surface area contributed by atoms with Gasteiger partial charge in [0.25, 0.3) is 0 Å². The Balaban J connectivity index is 2.27. The lowest BCUT2D eigenvalue weighted by molar-refractivity contribution is -0.140. The average Bonchev–Trinajstić information content (AvgIpc) is 2.68. The molecule has 94 valence electrons. The fraction of sp³-hybridized carbons (Fsp3) is 0.500. The minimum absolute atomic E-state index is 0.103. The standard InChI is InChI=1S/C10H16N4O3/c1-6(9(15)16)3-11-10(17)12-4-8-5-13-14-7(8)2/h5-6H,3-4H2,1-2H3,(H,13,14)(H,15,16)(H2,11,12,17). The number of aromatic nitrogens is 2. The lowest BCUT2D eigenvalue weighted by atomic mass is 10.2. The number of carboxylic acids is 1. The van der Waals surface area contributed by atoms with Gasteiger partial charge in [0, 0.05) is 24.3 Å². The molecule has 2 amide bonds. The Kier molecular flexibility index (Phi) is 4.50. The van der Waals surface area contributed by atoms with Gasteiger partial charge in [-0.3, -0.25) is 9.89 Å². The minimum Gasteiger partial charge on any atom is -0.481 e. The van der Waals surface area contributed by atoms with Crippen LogP contribution < -0.4 is 10.6 Å². The molecule has 17 heavy (non-hydrogen) atoms. The first-order valence-corrected chi connectivity index (χ1v) is 5.24. The first-order valence-electron chi connectivity index (χ1n) is 5.24. The summed E-state index contributed by atoms with van der Waals surface area (Å²) in [5, 5.41) is 20.3. The van der Waals surface area contributed by atoms with E-state index >= 15 is 0 Å². The highest BCUT2D eigenvalue weighted by Gasteiger charge is 2.12. The van der Waals surface area contributed by atoms with Crippen LogP contribution in [0.4, 0.5) is 4.79 Å². The van der Waals surface area contributed by atoms with Gasteiger partial charge in [-0.05, 0) is 6.92 Å². The van der Waals surface area contributed by atoms with Gasteiger partial charge in [0.1, 0.15) is 0 Å². The second-order valence-electron chi connectivity index (χ2n) is 3.82. The predicted octanol–water partition coefficient (Wildman–Crippen LogP) is 0.238. The van der Waals surface area contributed by atoms with Crippen LogP contribution in [0.1, 0.15) is 18.2 Å². The van der Waals surface area contributed by atoms with Gasteiger partial charge in [0.05, 0.1) is 12.1 Å². The minimum atomic E-state index is -0.934. The lowest BCUT2D eigenvalue weighted by Gasteiger charge is -2.09. The largest absolute Gasteiger partial charge is 0.481 e. The molecule has 0 spiro atoms. The monoisotopic (exact) mass is 240 g/mol. The molecule has 1 aromatic heterocycles. The predicted molar refractivity (Wildman–Crippen MR) is 60.4 cm³/mol. The van der Waals surface area contributed by atoms with Crippen molar-refractivity contribution in [3.05, 3.63) is 17.5 Å². The molecule has 0 fully saturated rings. The molecule has 1 heterocycles. The van der Waals surface area contributed by atoms with Crippen molar-refractivity contribution in [1.82, 2.24) is 20.8 Å². The maximum Gasteiger partial charge on any atom is 0.315 e. The number of nitrogens with one attached hydrogen (secondary N) is 3. The Morgan fingerprint density at radius 1 is 1.53 bits per heavy atom. The molecule has 1 aromatic rings. The van der Waals surface area contributed by atoms with Gasteiger partial charge < -0.3 is 15.7 Å². The zero-order valence-electron chi connectivity index (χ0n) is 9.78. The molecule has 0 aliphatic carbocycles. The molecule has 0 saturated heterocycles. The summed E-state index contributed by atoms with van der Waals surface area (Å²) in [6.07, 6.45) is 1.63. The van der Waals surface area contributed by atoms with Crippen molar-refractivity contribution in [1.29, 1.82) is 0 Å². The molecule has 0 saturated carbocycles. The second-order valence-corrected chi connectivity index (χ2v) is 3.82. The van der Waals surface area contributed by atoms with E-state index in [2.05, 4.69) is 20.8 Å². The molecule has 7 nitrogen and oxygen atoms in total. The Morgan fingerprint density at radius 3 is 2.76 bits per heavy atom. The number of hydrogen-bond acceptors (Lipinski definition) is 3. The number of aliphatic carboxylic acids is 1. The Morgan fingerprint density at radius 2 is 2.24 bits per heavy atom. The van der Waals surface area contributed by atoms with E-state index in [9.17, 15) is 9.59 Å². The molecule has 1 unspecified atom stereocenters. The van der Waals surface area contributed by atoms with Crippen molar-refractivity contribution in [3.63, 3.8) is 0 Å². The number of carbonyl (C=O) groups excluding carboxylic acids is 1. The van der Waals surface area contributed by atoms with Gasteiger partial charge in [-0.2, -0.15) is 5.10 Å². The Hall–Kier alpha value is -2.05. The number of carboxylic acid groups (broad SMARTS) is 1. The maximum atomic E-state index is 11.3. The number of aryl methyl sites for hydroxylation is 1. The van der Waals surface area contributed by atoms with Crippen LogP contribution in [0.2, 0.25) is 0 Å². The van der Waals surface area contributed by atoms with Crippen molar-refractivity contribution in [3.8, 4) is 0 Å². The smallest absolute Gasteiger partial charge is 0.315 e. The highest BCUT2D eigenvalue weighted by Crippen LogP contribution is 2.00. The van der Waals surface area contributed by atoms with Crippen molar-refractivity contribution >= 4 is 12.0 Å². The fourth-order valence-corrected chi connectivity index (χ4v) is 1.12. The highest BCUT2D eigenvalue weighted by molar-refractivity contribution is 5.75. The highest BCUT2D eigenvalue weighted by atomic mass is 16.4. The van der Waals surface area contributed by atoms with E-state index in [0.717, 1.165) is 11.3 Å². The van der Waals surface area contributed by atoms with Crippen molar-refractivity contribution in [2.24, 2.45) is 5.92 Å². The van der Waals surface area contributed by atoms with E-state index in [4.69, 9.17) is 5.11 Å². The molecule has 0 radical (unpaired) electrons. The molecular weight excluding hydrogens is 224 g/mol. The van der Waals surface area contributed by atoms with E-state index in [1.54, 1.807) is 6.20 Å². The molecule has 1 rings (SSSR count). The normalized spacial score (nSPS) is 11.9. The maximum absolute atomic E-state index is 11.3. The number of nitrogens with zero attached hydrogens (tertiary/aromatic N) is 1. The first kappa shape index (κ1) is 13.0. The fourth-order valence-electron chi connectivity index (χ4n) is 1.12. The van der Waals surface area contributed by atoms with Crippen LogP contribution in [0.25, 0.3) is 0 Å². The van der Waals surface area contributed by atoms with Gasteiger partial charge >= 0.3 is 12.0 Å². The van der Waals surface area contributed by atoms with Crippen LogP contribution >= 0.6 is 0 Å². The van der Waals surface area contributed by atoms with E-state index in [1.807, 2.05) is 6.92 Å². The summed E-state index contributed by atoms with van der Waals surface area (Å²) < 4.78 is 0. The summed E-state index contributed by atoms with van der Waals surface area (Å²) in [5.41, 5.74) is 1.79. The summed E-state index contributed by atoms with van der Waals surface area (Å²) >= 11 is 0. The summed E-state index contributed by atoms with van der Waals surface area (Å²) in [6, 6.07) is -0.390. The van der Waals surface area contributed by atoms with Gasteiger partial charge in [-0.15, -0.1) is 0 Å². The van der Waals surface area contributed by atoms with Gasteiger partial charge in [0.15, 0.2) is 0 Å². The van der Waals surface area contributed by atoms with Crippen molar-refractivity contribution in [2.75, 3.05) is 6.54 Å². The number of urea groups is 1. The number of H-pyrrole nitrogens is 1. The zero-order valence-corrected chi connectivity index (χ0v) is 9.78. The topological polar surface area (TPSA) is 107 Å². The average molecular weight is 240 g/mol. The number of rotatable bonds is 5. The number of aromatic amines is 1. The van der Waals surface area contributed by atoms with Crippen LogP contribution in [-0.4, -0.2) is 33.8 Å². The Labute approximate surface area is 98.6 Å². The number of amides is 2. The molecule has 0 bridgehead atoms. The van der Waals surface area contributed by atoms with E-state index in [-0.39, 0.29) is 6.54 Å². The van der Waals surface area contributed by atoms with Crippen molar-refractivity contribution in [2.45, 2.75) is 20.4 Å². The third-order valence-electron chi connectivity index (χ3n) is 2.36. The molecule has 0 aliphatic heterocycles. The summed E-state index contributed by atoms with van der Waals surface area (Å²) in [7, 11) is 0. The summed E-state index contributed by atoms with van der Waals surface area (Å²) in [6.45, 7) is 3.85. The van der Waals surface area contributed by atoms with Gasteiger partial charge in [0.2, 0.25) is 0 Å². The summed E-state index contributed by atoms with van der Waals surface area (Å²) in [5.74, 6) is -1.53. The first-order chi connectivity index (χ1) is 8.00. The number of carbonyl (C=O) groups is 2. The molecule has 0 aliphatic rings. The van der Waals surface area contributed by atoms with Crippen LogP contribution in [0.5, 0.6) is 0 Å². The third-order valence-corrected chi connectivity index (χ3v) is 2.36.